The van der Waals surface area contributed by atoms with E-state index in [-0.39, 0.29) is 0 Å². The maximum Gasteiger partial charge on any atom is 0.0656 e. The maximum absolute atomic E-state index is 5.87. The quantitative estimate of drug-likeness (QED) is 0.177. The summed E-state index contributed by atoms with van der Waals surface area (Å²) in [6, 6.07) is 0. The van der Waals surface area contributed by atoms with Crippen LogP contribution in [0.15, 0.2) is 0 Å². The van der Waals surface area contributed by atoms with Gasteiger partial charge in [-0.05, 0) is 39.5 Å². The van der Waals surface area contributed by atoms with E-state index in [0.717, 1.165) is 13.2 Å². The minimum absolute atomic E-state index is 0.593. The smallest absolute Gasteiger partial charge is 0.0656 e. The molecule has 0 aromatic rings. The molecule has 0 aliphatic heterocycles. The zero-order valence-corrected chi connectivity index (χ0v) is 21.0. The average Bonchev–Trinajstić information content (AvgIpc) is 2.53. The van der Waals surface area contributed by atoms with Crippen molar-refractivity contribution in [1.29, 1.82) is 0 Å². The number of rotatable bonds is 17. The van der Waals surface area contributed by atoms with E-state index in [0.29, 0.717) is 11.5 Å². The van der Waals surface area contributed by atoms with Gasteiger partial charge in [0.25, 0.3) is 0 Å². The van der Waals surface area contributed by atoms with Crippen molar-refractivity contribution in [2.24, 2.45) is 0 Å². The Balaban J connectivity index is 3.45. The van der Waals surface area contributed by atoms with E-state index < -0.39 is 17.6 Å². The van der Waals surface area contributed by atoms with E-state index in [1.54, 1.807) is 0 Å². The first kappa shape index (κ1) is 25.1. The van der Waals surface area contributed by atoms with Gasteiger partial charge in [0.05, 0.1) is 17.6 Å². The van der Waals surface area contributed by atoms with Crippen molar-refractivity contribution in [2.75, 3.05) is 24.7 Å². The monoisotopic (exact) mass is 410 g/mol. The molecule has 24 heavy (non-hydrogen) atoms. The van der Waals surface area contributed by atoms with Crippen LogP contribution in [0.25, 0.3) is 0 Å². The first-order valence-electron chi connectivity index (χ1n) is 10.00. The molecule has 0 radical (unpaired) electrons. The molecule has 2 nitrogen and oxygen atoms in total. The standard InChI is InChI=1S/C18H42O2S2Si2/c1-7-19-17(23(3)4)13-9-11-15-21-22-16-12-10-14-18(20-8-2)24(5)6/h17-18,23-24H,7-16H2,1-6H3. The minimum atomic E-state index is -0.644. The van der Waals surface area contributed by atoms with Crippen molar-refractivity contribution in [3.05, 3.63) is 0 Å². The summed E-state index contributed by atoms with van der Waals surface area (Å²) < 4.78 is 11.7. The topological polar surface area (TPSA) is 18.5 Å². The normalized spacial score (nSPS) is 14.5. The lowest BCUT2D eigenvalue weighted by Crippen LogP contribution is -2.27. The fourth-order valence-corrected chi connectivity index (χ4v) is 8.03. The largest absolute Gasteiger partial charge is 0.382 e. The highest BCUT2D eigenvalue weighted by molar-refractivity contribution is 8.76. The lowest BCUT2D eigenvalue weighted by atomic mass is 10.2. The van der Waals surface area contributed by atoms with Gasteiger partial charge in [-0.15, -0.1) is 0 Å². The van der Waals surface area contributed by atoms with E-state index in [1.807, 2.05) is 0 Å². The molecule has 0 amide bonds. The van der Waals surface area contributed by atoms with Gasteiger partial charge in [0.15, 0.2) is 0 Å². The molecule has 0 heterocycles. The summed E-state index contributed by atoms with van der Waals surface area (Å²) in [5, 5.41) is 0. The predicted octanol–water partition coefficient (Wildman–Crippen LogP) is 5.57. The molecule has 0 saturated heterocycles. The van der Waals surface area contributed by atoms with Crippen LogP contribution in [0.3, 0.4) is 0 Å². The molecule has 0 spiro atoms. The Bertz CT molecular complexity index is 243. The highest BCUT2D eigenvalue weighted by Crippen LogP contribution is 2.25. The zero-order chi connectivity index (χ0) is 18.2. The van der Waals surface area contributed by atoms with Crippen LogP contribution in [-0.4, -0.2) is 53.8 Å². The molecule has 2 unspecified atom stereocenters. The number of ether oxygens (including phenoxy) is 2. The Labute approximate surface area is 163 Å². The lowest BCUT2D eigenvalue weighted by molar-refractivity contribution is 0.107. The Morgan fingerprint density at radius 1 is 0.667 bits per heavy atom. The van der Waals surface area contributed by atoms with Gasteiger partial charge in [0.2, 0.25) is 0 Å². The summed E-state index contributed by atoms with van der Waals surface area (Å²) in [4.78, 5) is 0. The molecular formula is C18H42O2S2Si2. The molecule has 0 N–H and O–H groups in total. The van der Waals surface area contributed by atoms with Crippen molar-refractivity contribution in [3.63, 3.8) is 0 Å². The Hall–Kier alpha value is 1.05. The number of unbranched alkanes of at least 4 members (excludes halogenated alkanes) is 2. The van der Waals surface area contributed by atoms with Crippen molar-refractivity contribution < 1.29 is 9.47 Å². The molecule has 0 saturated carbocycles. The third-order valence-electron chi connectivity index (χ3n) is 4.26. The molecule has 0 aliphatic rings. The number of hydrogen-bond acceptors (Lipinski definition) is 4. The van der Waals surface area contributed by atoms with Gasteiger partial charge in [0.1, 0.15) is 0 Å². The average molecular weight is 411 g/mol. The van der Waals surface area contributed by atoms with Crippen LogP contribution in [0, 0.1) is 0 Å². The van der Waals surface area contributed by atoms with E-state index in [1.165, 1.54) is 50.0 Å². The van der Waals surface area contributed by atoms with Gasteiger partial charge in [-0.2, -0.15) is 0 Å². The van der Waals surface area contributed by atoms with Crippen LogP contribution in [0.1, 0.15) is 52.4 Å². The van der Waals surface area contributed by atoms with Crippen molar-refractivity contribution in [1.82, 2.24) is 0 Å². The van der Waals surface area contributed by atoms with Gasteiger partial charge < -0.3 is 9.47 Å². The molecule has 0 rings (SSSR count). The summed E-state index contributed by atoms with van der Waals surface area (Å²) in [6.45, 7) is 15.6. The molecule has 0 aromatic carbocycles. The van der Waals surface area contributed by atoms with Crippen LogP contribution in [-0.2, 0) is 9.47 Å². The molecule has 0 fully saturated rings. The summed E-state index contributed by atoms with van der Waals surface area (Å²) in [5.41, 5.74) is 1.19. The zero-order valence-electron chi connectivity index (χ0n) is 17.0. The third-order valence-corrected chi connectivity index (χ3v) is 10.9. The first-order valence-corrected chi connectivity index (χ1v) is 18.4. The molecule has 6 heteroatoms. The van der Waals surface area contributed by atoms with Gasteiger partial charge in [-0.25, -0.2) is 0 Å². The number of hydrogen-bond donors (Lipinski definition) is 0. The fourth-order valence-electron chi connectivity index (χ4n) is 2.78. The summed E-state index contributed by atoms with van der Waals surface area (Å²) in [7, 11) is 2.84. The minimum Gasteiger partial charge on any atom is -0.382 e. The van der Waals surface area contributed by atoms with Crippen LogP contribution < -0.4 is 0 Å². The fraction of sp³-hybridized carbons (Fsp3) is 1.00. The van der Waals surface area contributed by atoms with Crippen molar-refractivity contribution in [3.8, 4) is 0 Å². The molecule has 0 aromatic heterocycles. The van der Waals surface area contributed by atoms with E-state index >= 15 is 0 Å². The van der Waals surface area contributed by atoms with Crippen LogP contribution in [0.2, 0.25) is 26.2 Å². The summed E-state index contributed by atoms with van der Waals surface area (Å²) in [6.07, 6.45) is 7.90. The van der Waals surface area contributed by atoms with Gasteiger partial charge >= 0.3 is 0 Å². The molecule has 2 atom stereocenters. The highest BCUT2D eigenvalue weighted by Gasteiger charge is 2.14. The lowest BCUT2D eigenvalue weighted by Gasteiger charge is -2.19. The second-order valence-electron chi connectivity index (χ2n) is 7.11. The third kappa shape index (κ3) is 14.2. The maximum atomic E-state index is 5.87. The van der Waals surface area contributed by atoms with Gasteiger partial charge in [-0.3, -0.25) is 0 Å². The molecule has 146 valence electrons. The first-order chi connectivity index (χ1) is 11.5. The predicted molar refractivity (Wildman–Crippen MR) is 121 cm³/mol. The summed E-state index contributed by atoms with van der Waals surface area (Å²) in [5.74, 6) is 2.59. The summed E-state index contributed by atoms with van der Waals surface area (Å²) >= 11 is 0. The van der Waals surface area contributed by atoms with E-state index in [9.17, 15) is 0 Å². The second-order valence-corrected chi connectivity index (χ2v) is 16.3. The highest BCUT2D eigenvalue weighted by atomic mass is 33.1. The van der Waals surface area contributed by atoms with Crippen molar-refractivity contribution in [2.45, 2.75) is 90.0 Å². The van der Waals surface area contributed by atoms with Gasteiger partial charge in [-0.1, -0.05) is 60.6 Å². The molecule has 0 aliphatic carbocycles. The van der Waals surface area contributed by atoms with Crippen LogP contribution in [0.5, 0.6) is 0 Å². The van der Waals surface area contributed by atoms with E-state index in [4.69, 9.17) is 9.47 Å². The Morgan fingerprint density at radius 2 is 1.04 bits per heavy atom. The second kappa shape index (κ2) is 17.5. The van der Waals surface area contributed by atoms with Crippen molar-refractivity contribution >= 4 is 39.2 Å². The SMILES string of the molecule is CCOC(CCCCSSCCCCC(OCC)[SiH](C)C)[SiH](C)C. The van der Waals surface area contributed by atoms with E-state index in [2.05, 4.69) is 61.6 Å². The molecular weight excluding hydrogens is 369 g/mol. The van der Waals surface area contributed by atoms with Crippen LogP contribution in [0.4, 0.5) is 0 Å². The Morgan fingerprint density at radius 3 is 1.33 bits per heavy atom. The molecule has 0 bridgehead atoms. The van der Waals surface area contributed by atoms with Gasteiger partial charge in [0, 0.05) is 36.2 Å². The van der Waals surface area contributed by atoms with Crippen LogP contribution >= 0.6 is 21.6 Å². The Kier molecular flexibility index (Phi) is 18.2.